The Balaban J connectivity index is 1.75. The van der Waals surface area contributed by atoms with Crippen molar-refractivity contribution >= 4 is 58.5 Å². The van der Waals surface area contributed by atoms with Crippen LogP contribution in [-0.2, 0) is 20.0 Å². The molecule has 188 valence electrons. The SMILES string of the molecule is Cc1ccc(S(=O)(=O)n2c(C(CNS(=O)(=O)C3CC3)c3ccccc3Cl)cc3cccc(Br)c32)cc1. The number of aromatic nitrogens is 1. The number of para-hydroxylation sites is 1. The molecule has 1 fully saturated rings. The second-order valence-corrected chi connectivity index (χ2v) is 14.1. The molecule has 3 aromatic carbocycles. The lowest BCUT2D eigenvalue weighted by Gasteiger charge is -2.22. The van der Waals surface area contributed by atoms with E-state index in [2.05, 4.69) is 20.7 Å². The van der Waals surface area contributed by atoms with E-state index >= 15 is 0 Å². The number of sulfonamides is 1. The van der Waals surface area contributed by atoms with Gasteiger partial charge >= 0.3 is 0 Å². The summed E-state index contributed by atoms with van der Waals surface area (Å²) in [5.74, 6) is -0.660. The molecule has 1 aliphatic carbocycles. The molecule has 5 rings (SSSR count). The van der Waals surface area contributed by atoms with Crippen molar-refractivity contribution in [2.75, 3.05) is 6.54 Å². The Morgan fingerprint density at radius 2 is 1.69 bits per heavy atom. The molecule has 0 aliphatic heterocycles. The number of nitrogens with one attached hydrogen (secondary N) is 1. The lowest BCUT2D eigenvalue weighted by Crippen LogP contribution is -2.33. The quantitative estimate of drug-likeness (QED) is 0.274. The number of nitrogens with zero attached hydrogens (tertiary/aromatic N) is 1. The van der Waals surface area contributed by atoms with E-state index in [1.54, 1.807) is 60.7 Å². The van der Waals surface area contributed by atoms with E-state index in [0.717, 1.165) is 5.56 Å². The van der Waals surface area contributed by atoms with Crippen molar-refractivity contribution in [3.05, 3.63) is 99.1 Å². The van der Waals surface area contributed by atoms with Gasteiger partial charge in [0.2, 0.25) is 10.0 Å². The normalized spacial score (nSPS) is 15.3. The van der Waals surface area contributed by atoms with Gasteiger partial charge in [-0.1, -0.05) is 59.6 Å². The van der Waals surface area contributed by atoms with E-state index in [0.29, 0.717) is 44.5 Å². The molecule has 1 saturated carbocycles. The maximum Gasteiger partial charge on any atom is 0.268 e. The van der Waals surface area contributed by atoms with Crippen molar-refractivity contribution in [1.82, 2.24) is 8.69 Å². The minimum Gasteiger partial charge on any atom is -0.236 e. The number of aryl methyl sites for hydroxylation is 1. The van der Waals surface area contributed by atoms with Crippen LogP contribution in [-0.4, -0.2) is 32.6 Å². The Morgan fingerprint density at radius 3 is 2.36 bits per heavy atom. The van der Waals surface area contributed by atoms with Crippen molar-refractivity contribution in [3.8, 4) is 0 Å². The Morgan fingerprint density at radius 1 is 1.00 bits per heavy atom. The van der Waals surface area contributed by atoms with Gasteiger partial charge in [0.15, 0.2) is 0 Å². The molecule has 1 heterocycles. The van der Waals surface area contributed by atoms with E-state index < -0.39 is 31.2 Å². The van der Waals surface area contributed by atoms with Crippen LogP contribution < -0.4 is 4.72 Å². The highest BCUT2D eigenvalue weighted by molar-refractivity contribution is 9.10. The van der Waals surface area contributed by atoms with Crippen LogP contribution in [0.1, 0.15) is 35.6 Å². The highest BCUT2D eigenvalue weighted by atomic mass is 79.9. The highest BCUT2D eigenvalue weighted by Crippen LogP contribution is 2.38. The topological polar surface area (TPSA) is 85.2 Å². The maximum atomic E-state index is 14.1. The first-order valence-electron chi connectivity index (χ1n) is 11.4. The lowest BCUT2D eigenvalue weighted by atomic mass is 9.96. The molecule has 1 atom stereocenters. The zero-order valence-electron chi connectivity index (χ0n) is 19.4. The molecule has 1 aromatic heterocycles. The fourth-order valence-corrected chi connectivity index (χ4v) is 8.28. The van der Waals surface area contributed by atoms with Crippen LogP contribution in [0.15, 0.2) is 82.2 Å². The van der Waals surface area contributed by atoms with Crippen LogP contribution in [0.4, 0.5) is 0 Å². The van der Waals surface area contributed by atoms with Crippen LogP contribution in [0.25, 0.3) is 10.9 Å². The van der Waals surface area contributed by atoms with Gasteiger partial charge in [0.05, 0.1) is 15.7 Å². The highest BCUT2D eigenvalue weighted by Gasteiger charge is 2.37. The minimum atomic E-state index is -4.05. The number of rotatable bonds is 8. The summed E-state index contributed by atoms with van der Waals surface area (Å²) in [4.78, 5) is 0.138. The first-order valence-corrected chi connectivity index (χ1v) is 15.6. The standard InChI is InChI=1S/C26H24BrClN2O4S2/c1-17-9-11-20(12-10-17)36(33,34)30-25(15-18-5-4-7-23(27)26(18)30)22(21-6-2-3-8-24(21)28)16-29-35(31,32)19-13-14-19/h2-12,15,19,22,29H,13-14,16H2,1H3. The van der Waals surface area contributed by atoms with Crippen LogP contribution in [0.3, 0.4) is 0 Å². The van der Waals surface area contributed by atoms with E-state index in [1.165, 1.54) is 3.97 Å². The predicted octanol–water partition coefficient (Wildman–Crippen LogP) is 5.82. The third kappa shape index (κ3) is 4.75. The van der Waals surface area contributed by atoms with Gasteiger partial charge in [-0.3, -0.25) is 0 Å². The molecule has 0 bridgehead atoms. The van der Waals surface area contributed by atoms with Crippen molar-refractivity contribution in [3.63, 3.8) is 0 Å². The smallest absolute Gasteiger partial charge is 0.236 e. The lowest BCUT2D eigenvalue weighted by molar-refractivity contribution is 0.573. The van der Waals surface area contributed by atoms with Gasteiger partial charge in [-0.05, 0) is 71.6 Å². The van der Waals surface area contributed by atoms with Gasteiger partial charge in [0, 0.05) is 33.0 Å². The van der Waals surface area contributed by atoms with Gasteiger partial charge in [0.1, 0.15) is 0 Å². The second kappa shape index (κ2) is 9.61. The monoisotopic (exact) mass is 606 g/mol. The van der Waals surface area contributed by atoms with Crippen molar-refractivity contribution in [2.45, 2.75) is 35.8 Å². The zero-order chi connectivity index (χ0) is 25.7. The molecule has 0 amide bonds. The Kier molecular flexibility index (Phi) is 6.80. The first-order chi connectivity index (χ1) is 17.1. The molecule has 0 saturated heterocycles. The van der Waals surface area contributed by atoms with Crippen LogP contribution in [0, 0.1) is 6.92 Å². The molecule has 1 unspecified atom stereocenters. The Hall–Kier alpha value is -2.17. The van der Waals surface area contributed by atoms with Crippen molar-refractivity contribution in [2.24, 2.45) is 0 Å². The summed E-state index contributed by atoms with van der Waals surface area (Å²) in [7, 11) is -7.56. The summed E-state index contributed by atoms with van der Waals surface area (Å²) >= 11 is 10.1. The zero-order valence-corrected chi connectivity index (χ0v) is 23.3. The number of fused-ring (bicyclic) bond motifs is 1. The van der Waals surface area contributed by atoms with Crippen LogP contribution >= 0.6 is 27.5 Å². The minimum absolute atomic E-state index is 0.0279. The van der Waals surface area contributed by atoms with E-state index in [1.807, 2.05) is 19.1 Å². The summed E-state index contributed by atoms with van der Waals surface area (Å²) < 4.78 is 58.3. The molecule has 1 aliphatic rings. The number of benzene rings is 3. The summed E-state index contributed by atoms with van der Waals surface area (Å²) in [6.07, 6.45) is 1.25. The third-order valence-electron chi connectivity index (χ3n) is 6.41. The fourth-order valence-electron chi connectivity index (χ4n) is 4.35. The number of hydrogen-bond acceptors (Lipinski definition) is 4. The maximum absolute atomic E-state index is 14.1. The largest absolute Gasteiger partial charge is 0.268 e. The van der Waals surface area contributed by atoms with Crippen LogP contribution in [0.2, 0.25) is 5.02 Å². The first kappa shape index (κ1) is 25.5. The van der Waals surface area contributed by atoms with E-state index in [9.17, 15) is 16.8 Å². The van der Waals surface area contributed by atoms with Gasteiger partial charge in [0.25, 0.3) is 10.0 Å². The van der Waals surface area contributed by atoms with Crippen LogP contribution in [0.5, 0.6) is 0 Å². The molecular formula is C26H24BrClN2O4S2. The second-order valence-electron chi connectivity index (χ2n) is 9.00. The van der Waals surface area contributed by atoms with E-state index in [4.69, 9.17) is 11.6 Å². The molecule has 0 spiro atoms. The summed E-state index contributed by atoms with van der Waals surface area (Å²) in [5, 5.41) is 0.731. The fraction of sp³-hybridized carbons (Fsp3) is 0.231. The average Bonchev–Trinajstić information content (AvgIpc) is 3.62. The summed E-state index contributed by atoms with van der Waals surface area (Å²) in [6.45, 7) is 1.86. The van der Waals surface area contributed by atoms with E-state index in [-0.39, 0.29) is 11.4 Å². The molecular weight excluding hydrogens is 584 g/mol. The van der Waals surface area contributed by atoms with Gasteiger partial charge in [-0.25, -0.2) is 25.5 Å². The molecule has 0 radical (unpaired) electrons. The molecule has 10 heteroatoms. The molecule has 4 aromatic rings. The number of halogens is 2. The average molecular weight is 608 g/mol. The summed E-state index contributed by atoms with van der Waals surface area (Å²) in [5.41, 5.74) is 2.48. The van der Waals surface area contributed by atoms with Crippen molar-refractivity contribution in [1.29, 1.82) is 0 Å². The van der Waals surface area contributed by atoms with Crippen molar-refractivity contribution < 1.29 is 16.8 Å². The van der Waals surface area contributed by atoms with Gasteiger partial charge < -0.3 is 0 Å². The predicted molar refractivity (Wildman–Crippen MR) is 147 cm³/mol. The molecule has 1 N–H and O–H groups in total. The Bertz CT molecular complexity index is 1660. The summed E-state index contributed by atoms with van der Waals surface area (Å²) in [6, 6.07) is 21.0. The van der Waals surface area contributed by atoms with Gasteiger partial charge in [-0.15, -0.1) is 0 Å². The Labute approximate surface area is 224 Å². The third-order valence-corrected chi connectivity index (χ3v) is 11.1. The molecule has 6 nitrogen and oxygen atoms in total. The number of hydrogen-bond donors (Lipinski definition) is 1. The molecule has 36 heavy (non-hydrogen) atoms. The van der Waals surface area contributed by atoms with Gasteiger partial charge in [-0.2, -0.15) is 0 Å².